The van der Waals surface area contributed by atoms with Gasteiger partial charge in [0, 0.05) is 12.0 Å². The standard InChI is InChI=1S/C14H19F3N2O2S/c1-8(2)5-11(20)19-13(22-4)18-7-10-6-9(3)21-12(10)14(15,16)17/h6,8H,5,7H2,1-4H3,(H,18,19,20). The first-order valence-corrected chi connectivity index (χ1v) is 7.90. The maximum Gasteiger partial charge on any atom is 0.449 e. The van der Waals surface area contributed by atoms with Gasteiger partial charge in [0.25, 0.3) is 0 Å². The summed E-state index contributed by atoms with van der Waals surface area (Å²) in [4.78, 5) is 15.7. The fraction of sp³-hybridized carbons (Fsp3) is 0.571. The van der Waals surface area contributed by atoms with Gasteiger partial charge in [-0.3, -0.25) is 9.79 Å². The van der Waals surface area contributed by atoms with E-state index in [-0.39, 0.29) is 34.9 Å². The zero-order chi connectivity index (χ0) is 16.9. The predicted octanol–water partition coefficient (Wildman–Crippen LogP) is 3.99. The second-order valence-corrected chi connectivity index (χ2v) is 5.98. The third kappa shape index (κ3) is 5.75. The number of amides is 1. The van der Waals surface area contributed by atoms with Crippen LogP contribution in [0.25, 0.3) is 0 Å². The Labute approximate surface area is 131 Å². The molecule has 0 saturated carbocycles. The van der Waals surface area contributed by atoms with Crippen LogP contribution < -0.4 is 5.32 Å². The molecule has 0 unspecified atom stereocenters. The van der Waals surface area contributed by atoms with Crippen LogP contribution in [-0.2, 0) is 17.5 Å². The summed E-state index contributed by atoms with van der Waals surface area (Å²) in [6.07, 6.45) is -2.53. The molecule has 0 radical (unpaired) electrons. The Morgan fingerprint density at radius 2 is 2.09 bits per heavy atom. The molecule has 1 aromatic heterocycles. The number of furan rings is 1. The van der Waals surface area contributed by atoms with Crippen molar-refractivity contribution in [3.05, 3.63) is 23.2 Å². The van der Waals surface area contributed by atoms with Crippen LogP contribution in [0.15, 0.2) is 15.5 Å². The Bertz CT molecular complexity index is 551. The zero-order valence-electron chi connectivity index (χ0n) is 12.9. The van der Waals surface area contributed by atoms with Crippen molar-refractivity contribution in [3.63, 3.8) is 0 Å². The average molecular weight is 336 g/mol. The first-order valence-electron chi connectivity index (χ1n) is 6.68. The summed E-state index contributed by atoms with van der Waals surface area (Å²) >= 11 is 1.17. The van der Waals surface area contributed by atoms with E-state index < -0.39 is 11.9 Å². The van der Waals surface area contributed by atoms with Gasteiger partial charge >= 0.3 is 6.18 Å². The van der Waals surface area contributed by atoms with Crippen LogP contribution in [0.3, 0.4) is 0 Å². The lowest BCUT2D eigenvalue weighted by Gasteiger charge is -2.08. The Morgan fingerprint density at radius 3 is 2.59 bits per heavy atom. The normalized spacial score (nSPS) is 12.8. The van der Waals surface area contributed by atoms with Crippen molar-refractivity contribution in [2.24, 2.45) is 10.9 Å². The monoisotopic (exact) mass is 336 g/mol. The molecule has 1 N–H and O–H groups in total. The van der Waals surface area contributed by atoms with Crippen LogP contribution in [0.4, 0.5) is 13.2 Å². The van der Waals surface area contributed by atoms with E-state index in [1.807, 2.05) is 13.8 Å². The number of amidine groups is 1. The lowest BCUT2D eigenvalue weighted by atomic mass is 10.1. The first-order chi connectivity index (χ1) is 10.1. The molecule has 0 atom stereocenters. The van der Waals surface area contributed by atoms with Crippen LogP contribution in [0.1, 0.15) is 37.4 Å². The molecule has 4 nitrogen and oxygen atoms in total. The van der Waals surface area contributed by atoms with Crippen molar-refractivity contribution in [2.45, 2.75) is 39.9 Å². The number of alkyl halides is 3. The second kappa shape index (κ2) is 7.71. The summed E-state index contributed by atoms with van der Waals surface area (Å²) in [5.74, 6) is -0.881. The molecule has 0 aliphatic carbocycles. The van der Waals surface area contributed by atoms with Gasteiger partial charge < -0.3 is 9.73 Å². The van der Waals surface area contributed by atoms with Crippen molar-refractivity contribution in [3.8, 4) is 0 Å². The zero-order valence-corrected chi connectivity index (χ0v) is 13.7. The predicted molar refractivity (Wildman–Crippen MR) is 80.7 cm³/mol. The molecule has 124 valence electrons. The lowest BCUT2D eigenvalue weighted by molar-refractivity contribution is -0.154. The number of halogens is 3. The van der Waals surface area contributed by atoms with E-state index in [4.69, 9.17) is 4.42 Å². The first kappa shape index (κ1) is 18.6. The Hall–Kier alpha value is -1.44. The molecule has 1 heterocycles. The number of carbonyl (C=O) groups excluding carboxylic acids is 1. The van der Waals surface area contributed by atoms with E-state index in [1.165, 1.54) is 24.8 Å². The quantitative estimate of drug-likeness (QED) is 0.668. The summed E-state index contributed by atoms with van der Waals surface area (Å²) in [7, 11) is 0. The molecule has 22 heavy (non-hydrogen) atoms. The van der Waals surface area contributed by atoms with Crippen LogP contribution in [-0.4, -0.2) is 17.3 Å². The van der Waals surface area contributed by atoms with Gasteiger partial charge in [-0.05, 0) is 25.2 Å². The SMILES string of the molecule is CSC(=NCc1cc(C)oc1C(F)(F)F)NC(=O)CC(C)C. The molecule has 0 aromatic carbocycles. The minimum atomic E-state index is -4.56. The number of carbonyl (C=O) groups is 1. The highest BCUT2D eigenvalue weighted by atomic mass is 32.2. The largest absolute Gasteiger partial charge is 0.456 e. The highest BCUT2D eigenvalue weighted by Gasteiger charge is 2.37. The van der Waals surface area contributed by atoms with Gasteiger partial charge in [-0.15, -0.1) is 0 Å². The van der Waals surface area contributed by atoms with Crippen molar-refractivity contribution in [1.29, 1.82) is 0 Å². The number of thioether (sulfide) groups is 1. The molecular formula is C14H19F3N2O2S. The number of nitrogens with zero attached hydrogens (tertiary/aromatic N) is 1. The number of hydrogen-bond donors (Lipinski definition) is 1. The van der Waals surface area contributed by atoms with Crippen molar-refractivity contribution < 1.29 is 22.4 Å². The van der Waals surface area contributed by atoms with E-state index in [9.17, 15) is 18.0 Å². The molecule has 0 fully saturated rings. The van der Waals surface area contributed by atoms with Gasteiger partial charge in [0.15, 0.2) is 5.17 Å². The van der Waals surface area contributed by atoms with Gasteiger partial charge in [-0.1, -0.05) is 25.6 Å². The van der Waals surface area contributed by atoms with E-state index in [2.05, 4.69) is 10.3 Å². The third-order valence-corrected chi connectivity index (χ3v) is 3.23. The van der Waals surface area contributed by atoms with Gasteiger partial charge in [0.2, 0.25) is 11.7 Å². The van der Waals surface area contributed by atoms with Gasteiger partial charge in [0.05, 0.1) is 6.54 Å². The van der Waals surface area contributed by atoms with E-state index in [0.29, 0.717) is 6.42 Å². The molecule has 8 heteroatoms. The van der Waals surface area contributed by atoms with Gasteiger partial charge in [-0.2, -0.15) is 13.2 Å². The summed E-state index contributed by atoms with van der Waals surface area (Å²) in [5, 5.41) is 2.88. The molecule has 0 aliphatic rings. The van der Waals surface area contributed by atoms with Crippen LogP contribution in [0.2, 0.25) is 0 Å². The van der Waals surface area contributed by atoms with Crippen LogP contribution in [0, 0.1) is 12.8 Å². The molecule has 0 aliphatic heterocycles. The van der Waals surface area contributed by atoms with Gasteiger partial charge in [0.1, 0.15) is 5.76 Å². The van der Waals surface area contributed by atoms with Crippen molar-refractivity contribution >= 4 is 22.8 Å². The lowest BCUT2D eigenvalue weighted by Crippen LogP contribution is -2.29. The average Bonchev–Trinajstić information content (AvgIpc) is 2.74. The maximum atomic E-state index is 12.8. The van der Waals surface area contributed by atoms with E-state index in [1.54, 1.807) is 6.26 Å². The number of rotatable bonds is 4. The molecule has 1 aromatic rings. The summed E-state index contributed by atoms with van der Waals surface area (Å²) in [6.45, 7) is 5.05. The maximum absolute atomic E-state index is 12.8. The molecule has 1 amide bonds. The van der Waals surface area contributed by atoms with E-state index >= 15 is 0 Å². The molecule has 0 spiro atoms. The minimum absolute atomic E-state index is 0.0466. The Kier molecular flexibility index (Phi) is 6.52. The summed E-state index contributed by atoms with van der Waals surface area (Å²) < 4.78 is 43.1. The Morgan fingerprint density at radius 1 is 1.45 bits per heavy atom. The summed E-state index contributed by atoms with van der Waals surface area (Å²) in [6, 6.07) is 1.31. The highest BCUT2D eigenvalue weighted by molar-refractivity contribution is 8.13. The highest BCUT2D eigenvalue weighted by Crippen LogP contribution is 2.34. The Balaban J connectivity index is 2.83. The van der Waals surface area contributed by atoms with Gasteiger partial charge in [-0.25, -0.2) is 0 Å². The van der Waals surface area contributed by atoms with Crippen LogP contribution >= 0.6 is 11.8 Å². The topological polar surface area (TPSA) is 54.6 Å². The van der Waals surface area contributed by atoms with E-state index in [0.717, 1.165) is 0 Å². The number of nitrogens with one attached hydrogen (secondary N) is 1. The molecule has 0 saturated heterocycles. The van der Waals surface area contributed by atoms with Crippen molar-refractivity contribution in [1.82, 2.24) is 5.32 Å². The number of aryl methyl sites for hydroxylation is 1. The smallest absolute Gasteiger partial charge is 0.449 e. The third-order valence-electron chi connectivity index (χ3n) is 2.62. The van der Waals surface area contributed by atoms with Crippen molar-refractivity contribution in [2.75, 3.05) is 6.26 Å². The molecule has 0 bridgehead atoms. The second-order valence-electron chi connectivity index (χ2n) is 5.18. The minimum Gasteiger partial charge on any atom is -0.456 e. The summed E-state index contributed by atoms with van der Waals surface area (Å²) in [5.41, 5.74) is -0.0466. The number of hydrogen-bond acceptors (Lipinski definition) is 4. The number of aliphatic imine (C=N–C) groups is 1. The molecule has 1 rings (SSSR count). The fourth-order valence-electron chi connectivity index (χ4n) is 1.78. The van der Waals surface area contributed by atoms with Crippen LogP contribution in [0.5, 0.6) is 0 Å². The fourth-order valence-corrected chi connectivity index (χ4v) is 2.19. The molecular weight excluding hydrogens is 317 g/mol.